The minimum atomic E-state index is -4.51. The fourth-order valence-corrected chi connectivity index (χ4v) is 4.76. The standard InChI is InChI=1S/C26H27Cl2F3N2/c1-2-8-24(32-16-15-27)25(33-21-11-6-7-12-21,18-19-9-4-3-5-10-19)22-17-20(26(29,30)31)13-14-23(22)28/h2-5,8-10,13-14,16-17,21,33H,1,6-7,11-12,15,18H2/b24-8-,32-16?. The van der Waals surface area contributed by atoms with Crippen LogP contribution in [0.4, 0.5) is 13.2 Å². The molecule has 2 aromatic carbocycles. The molecule has 0 aromatic heterocycles. The predicted octanol–water partition coefficient (Wildman–Crippen LogP) is 7.71. The van der Waals surface area contributed by atoms with Crippen molar-refractivity contribution in [2.45, 2.75) is 49.9 Å². The lowest BCUT2D eigenvalue weighted by Crippen LogP contribution is -2.50. The van der Waals surface area contributed by atoms with Crippen molar-refractivity contribution in [1.82, 2.24) is 5.32 Å². The SMILES string of the molecule is C=C/C=C(\N=CCCl)C(Cc1ccccc1)(NC1CCCC1)c1cc(C(F)(F)F)ccc1Cl. The first-order valence-corrected chi connectivity index (χ1v) is 11.8. The van der Waals surface area contributed by atoms with Crippen LogP contribution < -0.4 is 5.32 Å². The third-order valence-electron chi connectivity index (χ3n) is 5.88. The molecule has 0 amide bonds. The average Bonchev–Trinajstić information content (AvgIpc) is 3.29. The molecular weight excluding hydrogens is 468 g/mol. The maximum absolute atomic E-state index is 13.7. The molecule has 0 heterocycles. The molecule has 3 rings (SSSR count). The molecule has 2 nitrogen and oxygen atoms in total. The molecule has 2 aromatic rings. The number of nitrogens with one attached hydrogen (secondary N) is 1. The molecule has 1 unspecified atom stereocenters. The number of rotatable bonds is 9. The lowest BCUT2D eigenvalue weighted by molar-refractivity contribution is -0.137. The molecule has 1 fully saturated rings. The minimum absolute atomic E-state index is 0.110. The van der Waals surface area contributed by atoms with Gasteiger partial charge in [0.1, 0.15) is 0 Å². The van der Waals surface area contributed by atoms with E-state index in [0.717, 1.165) is 43.4 Å². The highest BCUT2D eigenvalue weighted by molar-refractivity contribution is 6.31. The van der Waals surface area contributed by atoms with Crippen molar-refractivity contribution < 1.29 is 13.2 Å². The van der Waals surface area contributed by atoms with Crippen molar-refractivity contribution in [3.63, 3.8) is 0 Å². The van der Waals surface area contributed by atoms with Gasteiger partial charge in [0.05, 0.1) is 22.7 Å². The van der Waals surface area contributed by atoms with Gasteiger partial charge in [0, 0.05) is 23.7 Å². The summed E-state index contributed by atoms with van der Waals surface area (Å²) < 4.78 is 41.2. The van der Waals surface area contributed by atoms with E-state index in [1.165, 1.54) is 12.3 Å². The summed E-state index contributed by atoms with van der Waals surface area (Å²) in [6.07, 6.45) is 4.64. The van der Waals surface area contributed by atoms with Crippen LogP contribution in [0.15, 0.2) is 78.0 Å². The van der Waals surface area contributed by atoms with Gasteiger partial charge in [-0.05, 0) is 48.2 Å². The molecule has 0 saturated heterocycles. The number of halogens is 5. The van der Waals surface area contributed by atoms with Crippen LogP contribution in [0.1, 0.15) is 42.4 Å². The zero-order valence-corrected chi connectivity index (χ0v) is 19.7. The first kappa shape index (κ1) is 25.5. The summed E-state index contributed by atoms with van der Waals surface area (Å²) in [6, 6.07) is 13.2. The van der Waals surface area contributed by atoms with E-state index in [-0.39, 0.29) is 16.9 Å². The Morgan fingerprint density at radius 1 is 1.12 bits per heavy atom. The zero-order valence-electron chi connectivity index (χ0n) is 18.2. The number of allylic oxidation sites excluding steroid dienone is 2. The van der Waals surface area contributed by atoms with Crippen molar-refractivity contribution in [2.75, 3.05) is 5.88 Å². The van der Waals surface area contributed by atoms with Gasteiger partial charge in [-0.25, -0.2) is 0 Å². The van der Waals surface area contributed by atoms with Crippen LogP contribution in [0.2, 0.25) is 5.02 Å². The van der Waals surface area contributed by atoms with Crippen LogP contribution in [0, 0.1) is 0 Å². The van der Waals surface area contributed by atoms with Gasteiger partial charge in [-0.2, -0.15) is 13.2 Å². The molecule has 1 saturated carbocycles. The molecule has 1 aliphatic rings. The highest BCUT2D eigenvalue weighted by Crippen LogP contribution is 2.42. The van der Waals surface area contributed by atoms with Crippen molar-refractivity contribution >= 4 is 29.4 Å². The summed E-state index contributed by atoms with van der Waals surface area (Å²) in [5, 5.41) is 3.92. The maximum Gasteiger partial charge on any atom is 0.416 e. The van der Waals surface area contributed by atoms with E-state index < -0.39 is 17.3 Å². The molecule has 7 heteroatoms. The van der Waals surface area contributed by atoms with E-state index in [0.29, 0.717) is 17.7 Å². The maximum atomic E-state index is 13.7. The lowest BCUT2D eigenvalue weighted by atomic mass is 9.79. The Morgan fingerprint density at radius 3 is 2.42 bits per heavy atom. The number of hydrogen-bond donors (Lipinski definition) is 1. The molecular formula is C26H27Cl2F3N2. The first-order chi connectivity index (χ1) is 15.8. The largest absolute Gasteiger partial charge is 0.416 e. The van der Waals surface area contributed by atoms with Gasteiger partial charge in [-0.15, -0.1) is 11.6 Å². The normalized spacial score (nSPS) is 17.4. The summed E-state index contributed by atoms with van der Waals surface area (Å²) in [6.45, 7) is 3.81. The second-order valence-electron chi connectivity index (χ2n) is 8.14. The van der Waals surface area contributed by atoms with E-state index in [2.05, 4.69) is 16.9 Å². The summed E-state index contributed by atoms with van der Waals surface area (Å²) in [4.78, 5) is 4.58. The summed E-state index contributed by atoms with van der Waals surface area (Å²) in [5.41, 5.74) is -0.102. The van der Waals surface area contributed by atoms with Crippen LogP contribution >= 0.6 is 23.2 Å². The summed E-state index contributed by atoms with van der Waals surface area (Å²) in [5.74, 6) is 0.162. The van der Waals surface area contributed by atoms with Crippen molar-refractivity contribution in [2.24, 2.45) is 4.99 Å². The van der Waals surface area contributed by atoms with E-state index in [9.17, 15) is 13.2 Å². The quantitative estimate of drug-likeness (QED) is 0.215. The summed E-state index contributed by atoms with van der Waals surface area (Å²) in [7, 11) is 0. The Balaban J connectivity index is 2.31. The Hall–Kier alpha value is -2.08. The molecule has 1 aliphatic carbocycles. The topological polar surface area (TPSA) is 24.4 Å². The van der Waals surface area contributed by atoms with Gasteiger partial charge in [0.15, 0.2) is 0 Å². The number of benzene rings is 2. The fourth-order valence-electron chi connectivity index (χ4n) is 4.42. The summed E-state index contributed by atoms with van der Waals surface area (Å²) >= 11 is 12.5. The van der Waals surface area contributed by atoms with Gasteiger partial charge < -0.3 is 0 Å². The van der Waals surface area contributed by atoms with E-state index in [4.69, 9.17) is 23.2 Å². The molecule has 0 bridgehead atoms. The number of aliphatic imine (C=N–C) groups is 1. The number of nitrogens with zero attached hydrogens (tertiary/aromatic N) is 1. The van der Waals surface area contributed by atoms with Gasteiger partial charge in [-0.1, -0.05) is 67.4 Å². The second kappa shape index (κ2) is 11.4. The van der Waals surface area contributed by atoms with Crippen molar-refractivity contribution in [1.29, 1.82) is 0 Å². The third kappa shape index (κ3) is 6.28. The zero-order chi connectivity index (χ0) is 23.9. The van der Waals surface area contributed by atoms with Crippen LogP contribution in [0.3, 0.4) is 0 Å². The monoisotopic (exact) mass is 494 g/mol. The van der Waals surface area contributed by atoms with Crippen LogP contribution in [0.5, 0.6) is 0 Å². The molecule has 33 heavy (non-hydrogen) atoms. The predicted molar refractivity (Wildman–Crippen MR) is 131 cm³/mol. The van der Waals surface area contributed by atoms with Gasteiger partial charge in [0.25, 0.3) is 0 Å². The average molecular weight is 495 g/mol. The third-order valence-corrected chi connectivity index (χ3v) is 6.35. The van der Waals surface area contributed by atoms with Crippen LogP contribution in [-0.4, -0.2) is 18.1 Å². The fraction of sp³-hybridized carbons (Fsp3) is 0.346. The van der Waals surface area contributed by atoms with E-state index in [1.54, 1.807) is 12.2 Å². The highest BCUT2D eigenvalue weighted by Gasteiger charge is 2.42. The molecule has 1 atom stereocenters. The molecule has 176 valence electrons. The Kier molecular flexibility index (Phi) is 8.80. The Morgan fingerprint density at radius 2 is 1.82 bits per heavy atom. The number of hydrogen-bond acceptors (Lipinski definition) is 2. The van der Waals surface area contributed by atoms with E-state index >= 15 is 0 Å². The second-order valence-corrected chi connectivity index (χ2v) is 8.86. The van der Waals surface area contributed by atoms with Gasteiger partial charge >= 0.3 is 6.18 Å². The lowest BCUT2D eigenvalue weighted by Gasteiger charge is -2.40. The highest BCUT2D eigenvalue weighted by atomic mass is 35.5. The molecule has 0 spiro atoms. The Bertz CT molecular complexity index is 996. The first-order valence-electron chi connectivity index (χ1n) is 10.9. The van der Waals surface area contributed by atoms with Crippen LogP contribution in [0.25, 0.3) is 0 Å². The van der Waals surface area contributed by atoms with Gasteiger partial charge in [-0.3, -0.25) is 10.3 Å². The van der Waals surface area contributed by atoms with Crippen LogP contribution in [-0.2, 0) is 18.1 Å². The van der Waals surface area contributed by atoms with Gasteiger partial charge in [0.2, 0.25) is 0 Å². The van der Waals surface area contributed by atoms with E-state index in [1.807, 2.05) is 30.3 Å². The molecule has 1 N–H and O–H groups in total. The van der Waals surface area contributed by atoms with Crippen molar-refractivity contribution in [3.05, 3.63) is 94.7 Å². The molecule has 0 radical (unpaired) electrons. The molecule has 0 aliphatic heterocycles. The van der Waals surface area contributed by atoms with Crippen molar-refractivity contribution in [3.8, 4) is 0 Å². The smallest absolute Gasteiger partial charge is 0.299 e. The Labute approximate surface area is 203 Å². The minimum Gasteiger partial charge on any atom is -0.299 e. The number of alkyl halides is 4.